The maximum absolute atomic E-state index is 12.0. The predicted octanol–water partition coefficient (Wildman–Crippen LogP) is 0.129. The van der Waals surface area contributed by atoms with Crippen molar-refractivity contribution in [3.63, 3.8) is 0 Å². The fourth-order valence-corrected chi connectivity index (χ4v) is 2.90. The number of aryl methyl sites for hydroxylation is 1. The Bertz CT molecular complexity index is 689. The van der Waals surface area contributed by atoms with Crippen LogP contribution in [0.25, 0.3) is 0 Å². The lowest BCUT2D eigenvalue weighted by Crippen LogP contribution is -2.55. The van der Waals surface area contributed by atoms with Crippen LogP contribution in [0, 0.1) is 6.92 Å². The minimum Gasteiger partial charge on any atom is -0.386 e. The summed E-state index contributed by atoms with van der Waals surface area (Å²) in [5, 5.41) is 17.7. The predicted molar refractivity (Wildman–Crippen MR) is 88.4 cm³/mol. The number of β-amino-alcohol motifs (C(OH)–C–C–N with tert-alkyl or cyclic N) is 1. The van der Waals surface area contributed by atoms with Crippen LogP contribution >= 0.6 is 0 Å². The number of nitrogens with zero attached hydrogens (tertiary/aromatic N) is 5. The Morgan fingerprint density at radius 2 is 2.21 bits per heavy atom. The van der Waals surface area contributed by atoms with Crippen LogP contribution < -0.4 is 10.2 Å². The first kappa shape index (κ1) is 16.4. The molecule has 1 unspecified atom stereocenters. The normalized spacial score (nSPS) is 20.8. The zero-order valence-electron chi connectivity index (χ0n) is 13.7. The molecule has 0 saturated carbocycles. The highest BCUT2D eigenvalue weighted by molar-refractivity contribution is 5.75. The molecule has 0 aliphatic carbocycles. The fraction of sp³-hybridized carbons (Fsp3) is 0.500. The van der Waals surface area contributed by atoms with Gasteiger partial charge in [0.25, 0.3) is 0 Å². The van der Waals surface area contributed by atoms with E-state index in [2.05, 4.69) is 20.4 Å². The third-order valence-electron chi connectivity index (χ3n) is 4.07. The van der Waals surface area contributed by atoms with Crippen LogP contribution in [-0.4, -0.2) is 56.0 Å². The molecule has 1 atom stereocenters. The summed E-state index contributed by atoms with van der Waals surface area (Å²) in [6, 6.07) is 1.76. The van der Waals surface area contributed by atoms with Gasteiger partial charge in [-0.3, -0.25) is 9.48 Å². The number of amides is 1. The molecule has 1 aliphatic rings. The van der Waals surface area contributed by atoms with E-state index in [4.69, 9.17) is 0 Å². The quantitative estimate of drug-likeness (QED) is 0.809. The van der Waals surface area contributed by atoms with Gasteiger partial charge in [0.15, 0.2) is 0 Å². The van der Waals surface area contributed by atoms with Crippen molar-refractivity contribution in [2.75, 3.05) is 24.5 Å². The van der Waals surface area contributed by atoms with E-state index in [-0.39, 0.29) is 19.0 Å². The highest BCUT2D eigenvalue weighted by atomic mass is 16.3. The molecule has 1 saturated heterocycles. The minimum atomic E-state index is -0.979. The summed E-state index contributed by atoms with van der Waals surface area (Å²) in [7, 11) is 0. The lowest BCUT2D eigenvalue weighted by molar-refractivity contribution is -0.123. The highest BCUT2D eigenvalue weighted by Crippen LogP contribution is 2.23. The van der Waals surface area contributed by atoms with Gasteiger partial charge in [0.1, 0.15) is 6.54 Å². The topological polar surface area (TPSA) is 96.2 Å². The molecule has 8 nitrogen and oxygen atoms in total. The number of anilines is 1. The van der Waals surface area contributed by atoms with E-state index in [0.717, 1.165) is 18.5 Å². The van der Waals surface area contributed by atoms with Crippen molar-refractivity contribution in [3.05, 3.63) is 36.4 Å². The first-order chi connectivity index (χ1) is 11.5. The van der Waals surface area contributed by atoms with Gasteiger partial charge in [-0.25, -0.2) is 9.97 Å². The Balaban J connectivity index is 1.54. The Hall–Kier alpha value is -2.48. The summed E-state index contributed by atoms with van der Waals surface area (Å²) in [6.07, 6.45) is 8.34. The summed E-state index contributed by atoms with van der Waals surface area (Å²) in [4.78, 5) is 22.4. The number of hydrogen-bond donors (Lipinski definition) is 2. The Labute approximate surface area is 140 Å². The molecule has 0 spiro atoms. The van der Waals surface area contributed by atoms with Crippen molar-refractivity contribution in [1.29, 1.82) is 0 Å². The third kappa shape index (κ3) is 4.08. The van der Waals surface area contributed by atoms with Crippen molar-refractivity contribution in [2.24, 2.45) is 0 Å². The van der Waals surface area contributed by atoms with Crippen molar-refractivity contribution in [1.82, 2.24) is 25.1 Å². The van der Waals surface area contributed by atoms with E-state index in [9.17, 15) is 9.90 Å². The van der Waals surface area contributed by atoms with Crippen molar-refractivity contribution in [3.8, 4) is 0 Å². The van der Waals surface area contributed by atoms with Crippen LogP contribution in [0.2, 0.25) is 0 Å². The average molecular weight is 330 g/mol. The molecule has 0 bridgehead atoms. The summed E-state index contributed by atoms with van der Waals surface area (Å²) in [5.74, 6) is 0.438. The van der Waals surface area contributed by atoms with E-state index in [0.29, 0.717) is 18.9 Å². The molecule has 1 amide bonds. The van der Waals surface area contributed by atoms with E-state index in [1.54, 1.807) is 29.3 Å². The molecule has 24 heavy (non-hydrogen) atoms. The van der Waals surface area contributed by atoms with Crippen LogP contribution in [0.3, 0.4) is 0 Å². The summed E-state index contributed by atoms with van der Waals surface area (Å²) < 4.78 is 1.58. The third-order valence-corrected chi connectivity index (χ3v) is 4.07. The number of hydrogen-bond acceptors (Lipinski definition) is 6. The SMILES string of the molecule is Cc1cnn(CC(=O)NCC2(O)CCCN(c3ncccn3)C2)c1. The summed E-state index contributed by atoms with van der Waals surface area (Å²) >= 11 is 0. The molecule has 2 aromatic heterocycles. The number of aromatic nitrogens is 4. The van der Waals surface area contributed by atoms with Crippen LogP contribution in [0.1, 0.15) is 18.4 Å². The summed E-state index contributed by atoms with van der Waals surface area (Å²) in [5.41, 5.74) is 0.0277. The number of nitrogens with one attached hydrogen (secondary N) is 1. The van der Waals surface area contributed by atoms with Gasteiger partial charge in [0, 0.05) is 31.7 Å². The van der Waals surface area contributed by atoms with Crippen molar-refractivity contribution >= 4 is 11.9 Å². The molecule has 128 valence electrons. The zero-order chi connectivity index (χ0) is 17.0. The molecular formula is C16H22N6O2. The molecule has 0 aromatic carbocycles. The maximum Gasteiger partial charge on any atom is 0.241 e. The number of carbonyl (C=O) groups excluding carboxylic acids is 1. The molecule has 3 rings (SSSR count). The van der Waals surface area contributed by atoms with Gasteiger partial charge in [-0.15, -0.1) is 0 Å². The molecule has 1 fully saturated rings. The van der Waals surface area contributed by atoms with E-state index < -0.39 is 5.60 Å². The summed E-state index contributed by atoms with van der Waals surface area (Å²) in [6.45, 7) is 3.47. The number of aliphatic hydroxyl groups is 1. The van der Waals surface area contributed by atoms with Gasteiger partial charge in [0.2, 0.25) is 11.9 Å². The fourth-order valence-electron chi connectivity index (χ4n) is 2.90. The number of rotatable bonds is 5. The molecular weight excluding hydrogens is 308 g/mol. The molecule has 1 aliphatic heterocycles. The zero-order valence-corrected chi connectivity index (χ0v) is 13.7. The largest absolute Gasteiger partial charge is 0.386 e. The molecule has 8 heteroatoms. The minimum absolute atomic E-state index is 0.148. The second-order valence-electron chi connectivity index (χ2n) is 6.29. The van der Waals surface area contributed by atoms with Gasteiger partial charge in [-0.05, 0) is 31.4 Å². The average Bonchev–Trinajstić information content (AvgIpc) is 2.99. The van der Waals surface area contributed by atoms with Gasteiger partial charge in [-0.2, -0.15) is 5.10 Å². The van der Waals surface area contributed by atoms with Gasteiger partial charge in [0.05, 0.1) is 18.3 Å². The van der Waals surface area contributed by atoms with E-state index in [1.807, 2.05) is 18.0 Å². The molecule has 2 aromatic rings. The first-order valence-corrected chi connectivity index (χ1v) is 8.04. The first-order valence-electron chi connectivity index (χ1n) is 8.04. The second kappa shape index (κ2) is 6.96. The van der Waals surface area contributed by atoms with Crippen LogP contribution in [0.5, 0.6) is 0 Å². The van der Waals surface area contributed by atoms with Crippen LogP contribution in [0.15, 0.2) is 30.9 Å². The smallest absolute Gasteiger partial charge is 0.241 e. The Morgan fingerprint density at radius 3 is 2.92 bits per heavy atom. The molecule has 3 heterocycles. The van der Waals surface area contributed by atoms with Crippen LogP contribution in [0.4, 0.5) is 5.95 Å². The number of piperidine rings is 1. The monoisotopic (exact) mass is 330 g/mol. The van der Waals surface area contributed by atoms with E-state index in [1.165, 1.54) is 0 Å². The van der Waals surface area contributed by atoms with Gasteiger partial charge in [-0.1, -0.05) is 0 Å². The Morgan fingerprint density at radius 1 is 1.42 bits per heavy atom. The highest BCUT2D eigenvalue weighted by Gasteiger charge is 2.34. The van der Waals surface area contributed by atoms with Gasteiger partial charge >= 0.3 is 0 Å². The maximum atomic E-state index is 12.0. The molecule has 2 N–H and O–H groups in total. The lowest BCUT2D eigenvalue weighted by Gasteiger charge is -2.39. The van der Waals surface area contributed by atoms with Crippen molar-refractivity contribution in [2.45, 2.75) is 31.9 Å². The van der Waals surface area contributed by atoms with E-state index >= 15 is 0 Å². The molecule has 0 radical (unpaired) electrons. The second-order valence-corrected chi connectivity index (χ2v) is 6.29. The standard InChI is InChI=1S/C16H22N6O2/c1-13-8-20-22(9-13)10-14(23)19-11-16(24)4-2-7-21(12-16)15-17-5-3-6-18-15/h3,5-6,8-9,24H,2,4,7,10-12H2,1H3,(H,19,23). The number of carbonyl (C=O) groups is 1. The van der Waals surface area contributed by atoms with Crippen LogP contribution in [-0.2, 0) is 11.3 Å². The van der Waals surface area contributed by atoms with Crippen molar-refractivity contribution < 1.29 is 9.90 Å². The Kier molecular flexibility index (Phi) is 4.75. The van der Waals surface area contributed by atoms with Gasteiger partial charge < -0.3 is 15.3 Å². The lowest BCUT2D eigenvalue weighted by atomic mass is 9.93.